The average Bonchev–Trinajstić information content (AvgIpc) is 3.19. The van der Waals surface area contributed by atoms with Crippen LogP contribution in [0.5, 0.6) is 0 Å². The van der Waals surface area contributed by atoms with Gasteiger partial charge in [-0.25, -0.2) is 0 Å². The van der Waals surface area contributed by atoms with Gasteiger partial charge >= 0.3 is 0 Å². The van der Waals surface area contributed by atoms with Crippen LogP contribution in [0.15, 0.2) is 52.4 Å². The number of aromatic nitrogens is 2. The van der Waals surface area contributed by atoms with Crippen molar-refractivity contribution >= 4 is 17.2 Å². The fourth-order valence-corrected chi connectivity index (χ4v) is 2.60. The quantitative estimate of drug-likeness (QED) is 0.743. The number of nitrogens with zero attached hydrogens (tertiary/aromatic N) is 3. The van der Waals surface area contributed by atoms with E-state index in [1.54, 1.807) is 18.0 Å². The molecule has 2 aromatic heterocycles. The highest BCUT2D eigenvalue weighted by molar-refractivity contribution is 7.12. The lowest BCUT2D eigenvalue weighted by atomic mass is 10.2. The first-order chi connectivity index (χ1) is 10.2. The molecule has 6 heteroatoms. The third-order valence-electron chi connectivity index (χ3n) is 2.95. The van der Waals surface area contributed by atoms with Crippen LogP contribution in [0, 0.1) is 0 Å². The largest absolute Gasteiger partial charge is 0.337 e. The summed E-state index contributed by atoms with van der Waals surface area (Å²) in [4.78, 5) is 18.7. The van der Waals surface area contributed by atoms with Crippen LogP contribution < -0.4 is 0 Å². The Balaban J connectivity index is 1.71. The molecule has 3 rings (SSSR count). The Hall–Kier alpha value is -2.47. The van der Waals surface area contributed by atoms with Gasteiger partial charge in [-0.05, 0) is 11.4 Å². The van der Waals surface area contributed by atoms with Crippen LogP contribution >= 0.6 is 11.3 Å². The topological polar surface area (TPSA) is 59.2 Å². The van der Waals surface area contributed by atoms with Gasteiger partial charge in [-0.15, -0.1) is 11.3 Å². The standard InChI is InChI=1S/C15H13N3O2S/c1-18(15(19)12-8-5-9-21-12)10-13-16-14(17-20-13)11-6-3-2-4-7-11/h2-9H,10H2,1H3. The first-order valence-electron chi connectivity index (χ1n) is 6.41. The summed E-state index contributed by atoms with van der Waals surface area (Å²) < 4.78 is 5.21. The monoisotopic (exact) mass is 299 g/mol. The van der Waals surface area contributed by atoms with E-state index in [-0.39, 0.29) is 12.5 Å². The van der Waals surface area contributed by atoms with Crippen molar-refractivity contribution in [1.82, 2.24) is 15.0 Å². The summed E-state index contributed by atoms with van der Waals surface area (Å²) in [7, 11) is 1.72. The zero-order chi connectivity index (χ0) is 14.7. The molecule has 3 aromatic rings. The van der Waals surface area contributed by atoms with Gasteiger partial charge < -0.3 is 9.42 Å². The van der Waals surface area contributed by atoms with Crippen LogP contribution in [0.3, 0.4) is 0 Å². The number of hydrogen-bond acceptors (Lipinski definition) is 5. The van der Waals surface area contributed by atoms with Crippen LogP contribution in [-0.4, -0.2) is 28.0 Å². The van der Waals surface area contributed by atoms with Crippen molar-refractivity contribution in [2.45, 2.75) is 6.54 Å². The predicted molar refractivity (Wildman–Crippen MR) is 79.9 cm³/mol. The van der Waals surface area contributed by atoms with Gasteiger partial charge in [0.1, 0.15) is 6.54 Å². The molecule has 0 N–H and O–H groups in total. The van der Waals surface area contributed by atoms with Crippen molar-refractivity contribution in [3.8, 4) is 11.4 Å². The second-order valence-corrected chi connectivity index (χ2v) is 5.46. The van der Waals surface area contributed by atoms with Gasteiger partial charge in [-0.3, -0.25) is 4.79 Å². The third kappa shape index (κ3) is 3.00. The van der Waals surface area contributed by atoms with Crippen molar-refractivity contribution < 1.29 is 9.32 Å². The van der Waals surface area contributed by atoms with Crippen LogP contribution in [-0.2, 0) is 6.54 Å². The molecule has 0 atom stereocenters. The summed E-state index contributed by atoms with van der Waals surface area (Å²) in [5.41, 5.74) is 0.889. The second kappa shape index (κ2) is 5.88. The highest BCUT2D eigenvalue weighted by Crippen LogP contribution is 2.16. The summed E-state index contributed by atoms with van der Waals surface area (Å²) in [5.74, 6) is 0.897. The first-order valence-corrected chi connectivity index (χ1v) is 7.29. The average molecular weight is 299 g/mol. The van der Waals surface area contributed by atoms with E-state index >= 15 is 0 Å². The molecule has 0 bridgehead atoms. The molecule has 0 aliphatic rings. The van der Waals surface area contributed by atoms with Crippen molar-refractivity contribution in [3.05, 3.63) is 58.6 Å². The second-order valence-electron chi connectivity index (χ2n) is 4.52. The molecule has 0 fully saturated rings. The van der Waals surface area contributed by atoms with E-state index in [0.717, 1.165) is 5.56 Å². The Labute approximate surface area is 125 Å². The summed E-state index contributed by atoms with van der Waals surface area (Å²) >= 11 is 1.41. The lowest BCUT2D eigenvalue weighted by Gasteiger charge is -2.12. The Bertz CT molecular complexity index is 722. The van der Waals surface area contributed by atoms with E-state index in [9.17, 15) is 4.79 Å². The van der Waals surface area contributed by atoms with Crippen LogP contribution in [0.2, 0.25) is 0 Å². The molecule has 1 amide bonds. The third-order valence-corrected chi connectivity index (χ3v) is 3.81. The van der Waals surface area contributed by atoms with Gasteiger partial charge in [0, 0.05) is 12.6 Å². The molecule has 0 saturated heterocycles. The highest BCUT2D eigenvalue weighted by Gasteiger charge is 2.16. The van der Waals surface area contributed by atoms with E-state index < -0.39 is 0 Å². The minimum absolute atomic E-state index is 0.0514. The number of benzene rings is 1. The number of carbonyl (C=O) groups excluding carboxylic acids is 1. The zero-order valence-electron chi connectivity index (χ0n) is 11.4. The normalized spacial score (nSPS) is 10.5. The number of rotatable bonds is 4. The minimum atomic E-state index is -0.0514. The summed E-state index contributed by atoms with van der Waals surface area (Å²) in [6.07, 6.45) is 0. The molecule has 2 heterocycles. The van der Waals surface area contributed by atoms with E-state index in [1.807, 2.05) is 41.8 Å². The van der Waals surface area contributed by atoms with E-state index in [0.29, 0.717) is 16.6 Å². The molecule has 0 unspecified atom stereocenters. The van der Waals surface area contributed by atoms with Crippen molar-refractivity contribution in [2.75, 3.05) is 7.05 Å². The van der Waals surface area contributed by atoms with E-state index in [2.05, 4.69) is 10.1 Å². The molecule has 0 spiro atoms. The number of amides is 1. The van der Waals surface area contributed by atoms with Crippen LogP contribution in [0.1, 0.15) is 15.6 Å². The maximum absolute atomic E-state index is 12.1. The summed E-state index contributed by atoms with van der Waals surface area (Å²) in [6, 6.07) is 13.2. The van der Waals surface area contributed by atoms with Gasteiger partial charge in [0.15, 0.2) is 0 Å². The van der Waals surface area contributed by atoms with Crippen LogP contribution in [0.25, 0.3) is 11.4 Å². The van der Waals surface area contributed by atoms with Crippen molar-refractivity contribution in [2.24, 2.45) is 0 Å². The lowest BCUT2D eigenvalue weighted by Crippen LogP contribution is -2.25. The maximum atomic E-state index is 12.1. The number of thiophene rings is 1. The molecule has 0 aliphatic heterocycles. The van der Waals surface area contributed by atoms with Crippen LogP contribution in [0.4, 0.5) is 0 Å². The lowest BCUT2D eigenvalue weighted by molar-refractivity contribution is 0.0774. The predicted octanol–water partition coefficient (Wildman–Crippen LogP) is 3.07. The maximum Gasteiger partial charge on any atom is 0.264 e. The van der Waals surface area contributed by atoms with Gasteiger partial charge in [-0.1, -0.05) is 41.6 Å². The molecular weight excluding hydrogens is 286 g/mol. The van der Waals surface area contributed by atoms with E-state index in [1.165, 1.54) is 11.3 Å². The van der Waals surface area contributed by atoms with Gasteiger partial charge in [0.05, 0.1) is 4.88 Å². The molecule has 106 valence electrons. The zero-order valence-corrected chi connectivity index (χ0v) is 12.2. The Kier molecular flexibility index (Phi) is 3.79. The molecular formula is C15H13N3O2S. The highest BCUT2D eigenvalue weighted by atomic mass is 32.1. The summed E-state index contributed by atoms with van der Waals surface area (Å²) in [6.45, 7) is 0.288. The fourth-order valence-electron chi connectivity index (χ4n) is 1.89. The van der Waals surface area contributed by atoms with E-state index in [4.69, 9.17) is 4.52 Å². The Morgan fingerprint density at radius 3 is 2.76 bits per heavy atom. The SMILES string of the molecule is CN(Cc1nc(-c2ccccc2)no1)C(=O)c1cccs1. The van der Waals surface area contributed by atoms with Gasteiger partial charge in [0.2, 0.25) is 11.7 Å². The molecule has 1 aromatic carbocycles. The molecule has 0 aliphatic carbocycles. The fraction of sp³-hybridized carbons (Fsp3) is 0.133. The Morgan fingerprint density at radius 1 is 1.24 bits per heavy atom. The molecule has 5 nitrogen and oxygen atoms in total. The molecule has 21 heavy (non-hydrogen) atoms. The van der Waals surface area contributed by atoms with Crippen molar-refractivity contribution in [1.29, 1.82) is 0 Å². The Morgan fingerprint density at radius 2 is 2.05 bits per heavy atom. The first kappa shape index (κ1) is 13.5. The molecule has 0 radical (unpaired) electrons. The van der Waals surface area contributed by atoms with Crippen molar-refractivity contribution in [3.63, 3.8) is 0 Å². The number of hydrogen-bond donors (Lipinski definition) is 0. The minimum Gasteiger partial charge on any atom is -0.337 e. The molecule has 0 saturated carbocycles. The number of carbonyl (C=O) groups is 1. The van der Waals surface area contributed by atoms with Gasteiger partial charge in [-0.2, -0.15) is 4.98 Å². The smallest absolute Gasteiger partial charge is 0.264 e. The summed E-state index contributed by atoms with van der Waals surface area (Å²) in [5, 5.41) is 5.82. The van der Waals surface area contributed by atoms with Gasteiger partial charge in [0.25, 0.3) is 5.91 Å².